The molecule has 0 aliphatic carbocycles. The van der Waals surface area contributed by atoms with Gasteiger partial charge in [-0.05, 0) is 24.3 Å². The Hall–Kier alpha value is -2.21. The number of aromatic nitrogens is 3. The van der Waals surface area contributed by atoms with E-state index in [0.29, 0.717) is 17.9 Å². The number of hydrogen-bond donors (Lipinski definition) is 0. The summed E-state index contributed by atoms with van der Waals surface area (Å²) in [4.78, 5) is 17.0. The number of rotatable bonds is 7. The molecule has 0 radical (unpaired) electrons. The highest BCUT2D eigenvalue weighted by Gasteiger charge is 2.13. The number of nitrogens with zero attached hydrogens (tertiary/aromatic N) is 3. The zero-order valence-corrected chi connectivity index (χ0v) is 12.3. The molecule has 108 valence electrons. The van der Waals surface area contributed by atoms with Crippen LogP contribution in [0.2, 0.25) is 0 Å². The summed E-state index contributed by atoms with van der Waals surface area (Å²) in [6.45, 7) is 0.881. The van der Waals surface area contributed by atoms with Crippen molar-refractivity contribution in [3.8, 4) is 10.6 Å². The highest BCUT2D eigenvalue weighted by molar-refractivity contribution is 7.13. The van der Waals surface area contributed by atoms with Crippen LogP contribution in [0.25, 0.3) is 10.6 Å². The lowest BCUT2D eigenvalue weighted by atomic mass is 10.1. The van der Waals surface area contributed by atoms with Gasteiger partial charge in [0.15, 0.2) is 11.5 Å². The van der Waals surface area contributed by atoms with Crippen LogP contribution in [0.4, 0.5) is 0 Å². The number of hydrogen-bond acceptors (Lipinski definition) is 5. The van der Waals surface area contributed by atoms with Crippen molar-refractivity contribution in [3.63, 3.8) is 0 Å². The van der Waals surface area contributed by atoms with Crippen LogP contribution in [-0.4, -0.2) is 20.5 Å². The van der Waals surface area contributed by atoms with Gasteiger partial charge < -0.3 is 9.09 Å². The number of Topliss-reactive ketones (excluding diaryl/α,β-unsaturated/α-hetero) is 1. The number of carbonyl (C=O) groups is 1. The molecule has 3 rings (SSSR count). The van der Waals surface area contributed by atoms with Crippen LogP contribution in [0.5, 0.6) is 0 Å². The summed E-state index contributed by atoms with van der Waals surface area (Å²) in [6, 6.07) is 5.62. The van der Waals surface area contributed by atoms with Crippen molar-refractivity contribution in [2.24, 2.45) is 0 Å². The van der Waals surface area contributed by atoms with Crippen molar-refractivity contribution >= 4 is 17.1 Å². The molecule has 0 amide bonds. The molecule has 0 aliphatic rings. The Morgan fingerprint density at radius 2 is 2.33 bits per heavy atom. The van der Waals surface area contributed by atoms with Crippen LogP contribution in [0.1, 0.15) is 29.8 Å². The third kappa shape index (κ3) is 3.46. The van der Waals surface area contributed by atoms with E-state index >= 15 is 0 Å². The third-order valence-corrected chi connectivity index (χ3v) is 4.07. The molecule has 0 fully saturated rings. The van der Waals surface area contributed by atoms with Gasteiger partial charge in [0, 0.05) is 31.4 Å². The first-order chi connectivity index (χ1) is 10.3. The van der Waals surface area contributed by atoms with E-state index in [1.807, 2.05) is 28.3 Å². The maximum absolute atomic E-state index is 12.1. The van der Waals surface area contributed by atoms with E-state index in [9.17, 15) is 4.79 Å². The minimum atomic E-state index is 0.0344. The van der Waals surface area contributed by atoms with Gasteiger partial charge in [0.05, 0.1) is 11.2 Å². The number of thiophene rings is 1. The molecule has 3 aromatic rings. The monoisotopic (exact) mass is 301 g/mol. The Balaban J connectivity index is 1.49. The van der Waals surface area contributed by atoms with Gasteiger partial charge in [-0.15, -0.1) is 11.3 Å². The second-order valence-electron chi connectivity index (χ2n) is 4.73. The highest BCUT2D eigenvalue weighted by atomic mass is 32.1. The van der Waals surface area contributed by atoms with E-state index in [-0.39, 0.29) is 5.78 Å². The van der Waals surface area contributed by atoms with Gasteiger partial charge in [-0.25, -0.2) is 4.98 Å². The first kappa shape index (κ1) is 13.8. The number of imidazole rings is 1. The zero-order chi connectivity index (χ0) is 14.5. The lowest BCUT2D eigenvalue weighted by molar-refractivity contribution is 0.0970. The summed E-state index contributed by atoms with van der Waals surface area (Å²) in [7, 11) is 0. The van der Waals surface area contributed by atoms with Gasteiger partial charge in [-0.1, -0.05) is 11.2 Å². The van der Waals surface area contributed by atoms with Gasteiger partial charge in [0.25, 0.3) is 0 Å². The summed E-state index contributed by atoms with van der Waals surface area (Å²) in [5, 5.41) is 5.84. The van der Waals surface area contributed by atoms with Crippen LogP contribution >= 0.6 is 11.3 Å². The molecule has 0 spiro atoms. The number of aryl methyl sites for hydroxylation is 1. The van der Waals surface area contributed by atoms with Crippen LogP contribution < -0.4 is 0 Å². The van der Waals surface area contributed by atoms with Gasteiger partial charge in [0.2, 0.25) is 0 Å². The predicted octanol–water partition coefficient (Wildman–Crippen LogP) is 3.65. The molecule has 0 aliphatic heterocycles. The largest absolute Gasteiger partial charge is 0.355 e. The van der Waals surface area contributed by atoms with Gasteiger partial charge in [-0.2, -0.15) is 0 Å². The predicted molar refractivity (Wildman–Crippen MR) is 80.2 cm³/mol. The smallest absolute Gasteiger partial charge is 0.184 e. The van der Waals surface area contributed by atoms with Crippen molar-refractivity contribution < 1.29 is 9.32 Å². The first-order valence-electron chi connectivity index (χ1n) is 6.82. The average Bonchev–Trinajstić information content (AvgIpc) is 3.25. The fourth-order valence-electron chi connectivity index (χ4n) is 2.07. The van der Waals surface area contributed by atoms with Crippen molar-refractivity contribution in [1.29, 1.82) is 0 Å². The van der Waals surface area contributed by atoms with Gasteiger partial charge in [0.1, 0.15) is 5.69 Å². The maximum atomic E-state index is 12.1. The highest BCUT2D eigenvalue weighted by Crippen LogP contribution is 2.25. The molecular weight excluding hydrogens is 286 g/mol. The molecule has 6 heteroatoms. The molecule has 5 nitrogen and oxygen atoms in total. The zero-order valence-electron chi connectivity index (χ0n) is 11.4. The second-order valence-corrected chi connectivity index (χ2v) is 5.68. The number of carbonyl (C=O) groups excluding carboxylic acids is 1. The Morgan fingerprint density at radius 1 is 1.38 bits per heavy atom. The summed E-state index contributed by atoms with van der Waals surface area (Å²) in [5.74, 6) is 0.693. The summed E-state index contributed by atoms with van der Waals surface area (Å²) in [5.41, 5.74) is 0.418. The lowest BCUT2D eigenvalue weighted by Crippen LogP contribution is -2.01. The van der Waals surface area contributed by atoms with E-state index < -0.39 is 0 Å². The van der Waals surface area contributed by atoms with Crippen molar-refractivity contribution in [3.05, 3.63) is 48.0 Å². The maximum Gasteiger partial charge on any atom is 0.184 e. The number of ketones is 1. The summed E-state index contributed by atoms with van der Waals surface area (Å²) >= 11 is 1.57. The molecule has 0 saturated carbocycles. The second kappa shape index (κ2) is 6.49. The van der Waals surface area contributed by atoms with E-state index in [1.54, 1.807) is 29.9 Å². The van der Waals surface area contributed by atoms with Crippen LogP contribution in [-0.2, 0) is 6.54 Å². The molecule has 0 aromatic carbocycles. The Morgan fingerprint density at radius 3 is 3.10 bits per heavy atom. The summed E-state index contributed by atoms with van der Waals surface area (Å²) < 4.78 is 7.23. The van der Waals surface area contributed by atoms with Crippen molar-refractivity contribution in [2.75, 3.05) is 0 Å². The van der Waals surface area contributed by atoms with Crippen molar-refractivity contribution in [1.82, 2.24) is 14.7 Å². The van der Waals surface area contributed by atoms with Crippen molar-refractivity contribution in [2.45, 2.75) is 25.8 Å². The minimum absolute atomic E-state index is 0.0344. The average molecular weight is 301 g/mol. The third-order valence-electron chi connectivity index (χ3n) is 3.19. The Kier molecular flexibility index (Phi) is 4.25. The molecule has 0 atom stereocenters. The van der Waals surface area contributed by atoms with Gasteiger partial charge >= 0.3 is 0 Å². The molecular formula is C15H15N3O2S. The Bertz CT molecular complexity index is 686. The molecule has 0 unspecified atom stereocenters. The summed E-state index contributed by atoms with van der Waals surface area (Å²) in [6.07, 6.45) is 7.73. The topological polar surface area (TPSA) is 60.9 Å². The molecule has 0 saturated heterocycles. The fraction of sp³-hybridized carbons (Fsp3) is 0.267. The number of unbranched alkanes of at least 4 members (excludes halogenated alkanes) is 1. The molecule has 0 bridgehead atoms. The van der Waals surface area contributed by atoms with Crippen LogP contribution in [0.15, 0.2) is 46.8 Å². The molecule has 3 aromatic heterocycles. The molecule has 0 N–H and O–H groups in total. The quantitative estimate of drug-likeness (QED) is 0.493. The minimum Gasteiger partial charge on any atom is -0.355 e. The fourth-order valence-corrected chi connectivity index (χ4v) is 2.74. The molecule has 21 heavy (non-hydrogen) atoms. The van der Waals surface area contributed by atoms with Crippen LogP contribution in [0, 0.1) is 0 Å². The molecule has 3 heterocycles. The van der Waals surface area contributed by atoms with E-state index in [1.165, 1.54) is 0 Å². The van der Waals surface area contributed by atoms with Gasteiger partial charge in [-0.3, -0.25) is 4.79 Å². The van der Waals surface area contributed by atoms with Crippen LogP contribution in [0.3, 0.4) is 0 Å². The normalized spacial score (nSPS) is 10.9. The van der Waals surface area contributed by atoms with E-state index in [0.717, 1.165) is 24.3 Å². The Labute approximate surface area is 126 Å². The standard InChI is InChI=1S/C15H15N3O2S/c19-13(4-1-2-7-18-8-6-16-11-18)12-10-14(20-17-12)15-5-3-9-21-15/h3,5-6,8-11H,1-2,4,7H2. The van der Waals surface area contributed by atoms with E-state index in [2.05, 4.69) is 10.1 Å². The lowest BCUT2D eigenvalue weighted by Gasteiger charge is -2.00. The first-order valence-corrected chi connectivity index (χ1v) is 7.70. The van der Waals surface area contributed by atoms with E-state index in [4.69, 9.17) is 4.52 Å². The SMILES string of the molecule is O=C(CCCCn1ccnc1)c1cc(-c2cccs2)on1.